The second kappa shape index (κ2) is 7.50. The summed E-state index contributed by atoms with van der Waals surface area (Å²) in [5, 5.41) is 11.6. The fourth-order valence-corrected chi connectivity index (χ4v) is 3.66. The normalized spacial score (nSPS) is 24.0. The van der Waals surface area contributed by atoms with E-state index < -0.39 is 0 Å². The Bertz CT molecular complexity index is 749. The van der Waals surface area contributed by atoms with Crippen LogP contribution in [-0.4, -0.2) is 52.9 Å². The van der Waals surface area contributed by atoms with E-state index in [1.807, 2.05) is 42.2 Å². The van der Waals surface area contributed by atoms with E-state index in [-0.39, 0.29) is 0 Å². The summed E-state index contributed by atoms with van der Waals surface area (Å²) in [5.74, 6) is 1.50. The first-order valence-corrected chi connectivity index (χ1v) is 9.54. The van der Waals surface area contributed by atoms with Crippen molar-refractivity contribution < 1.29 is 0 Å². The highest BCUT2D eigenvalue weighted by Gasteiger charge is 2.38. The van der Waals surface area contributed by atoms with Crippen molar-refractivity contribution in [2.45, 2.75) is 38.4 Å². The van der Waals surface area contributed by atoms with Crippen LogP contribution in [0.15, 0.2) is 47.6 Å². The Hall–Kier alpha value is -2.34. The largest absolute Gasteiger partial charge is 0.352 e. The third-order valence-corrected chi connectivity index (χ3v) is 5.35. The number of para-hydroxylation sites is 1. The lowest BCUT2D eigenvalue weighted by Gasteiger charge is -2.20. The number of rotatable bonds is 5. The molecular formula is C20H28N6. The summed E-state index contributed by atoms with van der Waals surface area (Å²) in [7, 11) is 1.83. The third-order valence-electron chi connectivity index (χ3n) is 5.35. The van der Waals surface area contributed by atoms with Crippen molar-refractivity contribution in [3.8, 4) is 5.69 Å². The molecule has 0 amide bonds. The Balaban J connectivity index is 1.31. The monoisotopic (exact) mass is 352 g/mol. The predicted octanol–water partition coefficient (Wildman–Crippen LogP) is 2.02. The topological polar surface area (TPSA) is 57.5 Å². The van der Waals surface area contributed by atoms with E-state index in [1.54, 1.807) is 0 Å². The van der Waals surface area contributed by atoms with E-state index in [1.165, 1.54) is 19.4 Å². The number of hydrogen-bond donors (Lipinski definition) is 2. The lowest BCUT2D eigenvalue weighted by atomic mass is 10.1. The summed E-state index contributed by atoms with van der Waals surface area (Å²) in [6.07, 6.45) is 4.74. The molecule has 2 unspecified atom stereocenters. The molecular weight excluding hydrogens is 324 g/mol. The number of guanidine groups is 1. The molecule has 138 valence electrons. The lowest BCUT2D eigenvalue weighted by molar-refractivity contribution is 0.315. The number of aromatic nitrogens is 2. The second-order valence-corrected chi connectivity index (χ2v) is 7.43. The van der Waals surface area contributed by atoms with Crippen LogP contribution in [0.2, 0.25) is 0 Å². The summed E-state index contributed by atoms with van der Waals surface area (Å²) in [6.45, 7) is 5.30. The number of hydrogen-bond acceptors (Lipinski definition) is 3. The van der Waals surface area contributed by atoms with E-state index in [0.717, 1.165) is 29.9 Å². The van der Waals surface area contributed by atoms with Crippen LogP contribution in [0.4, 0.5) is 0 Å². The highest BCUT2D eigenvalue weighted by molar-refractivity contribution is 5.80. The van der Waals surface area contributed by atoms with Crippen molar-refractivity contribution in [3.05, 3.63) is 48.3 Å². The minimum absolute atomic E-state index is 0.462. The predicted molar refractivity (Wildman–Crippen MR) is 104 cm³/mol. The fourth-order valence-electron chi connectivity index (χ4n) is 3.66. The minimum atomic E-state index is 0.462. The van der Waals surface area contributed by atoms with Crippen molar-refractivity contribution in [1.82, 2.24) is 25.3 Å². The van der Waals surface area contributed by atoms with Crippen LogP contribution in [0.5, 0.6) is 0 Å². The zero-order chi connectivity index (χ0) is 17.9. The Labute approximate surface area is 155 Å². The summed E-state index contributed by atoms with van der Waals surface area (Å²) < 4.78 is 1.90. The Morgan fingerprint density at radius 1 is 1.19 bits per heavy atom. The molecule has 2 heterocycles. The van der Waals surface area contributed by atoms with Crippen LogP contribution in [0, 0.1) is 5.92 Å². The van der Waals surface area contributed by atoms with Gasteiger partial charge in [0.05, 0.1) is 17.9 Å². The van der Waals surface area contributed by atoms with Gasteiger partial charge >= 0.3 is 0 Å². The molecule has 1 aliphatic heterocycles. The highest BCUT2D eigenvalue weighted by Crippen LogP contribution is 2.31. The SMILES string of the molecule is CN=C(NCc1ccn(-c2ccccc2)n1)NC1CN(C2CC2)CC1C. The Morgan fingerprint density at radius 3 is 2.73 bits per heavy atom. The average Bonchev–Trinajstić information content (AvgIpc) is 3.30. The van der Waals surface area contributed by atoms with Crippen molar-refractivity contribution in [2.75, 3.05) is 20.1 Å². The first kappa shape index (κ1) is 17.1. The van der Waals surface area contributed by atoms with E-state index >= 15 is 0 Å². The molecule has 1 aromatic carbocycles. The van der Waals surface area contributed by atoms with Crippen molar-refractivity contribution >= 4 is 5.96 Å². The van der Waals surface area contributed by atoms with E-state index in [0.29, 0.717) is 18.5 Å². The Morgan fingerprint density at radius 2 is 2.00 bits per heavy atom. The van der Waals surface area contributed by atoms with Gasteiger partial charge in [0.15, 0.2) is 5.96 Å². The Kier molecular flexibility index (Phi) is 4.93. The molecule has 6 nitrogen and oxygen atoms in total. The van der Waals surface area contributed by atoms with Gasteiger partial charge in [-0.25, -0.2) is 4.68 Å². The molecule has 2 aromatic rings. The van der Waals surface area contributed by atoms with Crippen molar-refractivity contribution in [3.63, 3.8) is 0 Å². The van der Waals surface area contributed by atoms with Gasteiger partial charge in [0.2, 0.25) is 0 Å². The van der Waals surface area contributed by atoms with Gasteiger partial charge in [-0.1, -0.05) is 25.1 Å². The van der Waals surface area contributed by atoms with Crippen molar-refractivity contribution in [2.24, 2.45) is 10.9 Å². The molecule has 2 fully saturated rings. The summed E-state index contributed by atoms with van der Waals surface area (Å²) >= 11 is 0. The second-order valence-electron chi connectivity index (χ2n) is 7.43. The fraction of sp³-hybridized carbons (Fsp3) is 0.500. The maximum atomic E-state index is 4.64. The van der Waals surface area contributed by atoms with Gasteiger partial charge in [-0.3, -0.25) is 9.89 Å². The number of benzene rings is 1. The van der Waals surface area contributed by atoms with Crippen LogP contribution in [0.3, 0.4) is 0 Å². The molecule has 2 aliphatic rings. The maximum absolute atomic E-state index is 4.64. The van der Waals surface area contributed by atoms with Gasteiger partial charge in [-0.15, -0.1) is 0 Å². The molecule has 0 radical (unpaired) electrons. The van der Waals surface area contributed by atoms with E-state index in [4.69, 9.17) is 0 Å². The molecule has 2 atom stereocenters. The van der Waals surface area contributed by atoms with E-state index in [2.05, 4.69) is 44.7 Å². The number of nitrogens with one attached hydrogen (secondary N) is 2. The molecule has 1 saturated carbocycles. The zero-order valence-electron chi connectivity index (χ0n) is 15.6. The summed E-state index contributed by atoms with van der Waals surface area (Å²) in [4.78, 5) is 7.02. The van der Waals surface area contributed by atoms with Gasteiger partial charge in [0.1, 0.15) is 0 Å². The average molecular weight is 352 g/mol. The van der Waals surface area contributed by atoms with E-state index in [9.17, 15) is 0 Å². The quantitative estimate of drug-likeness (QED) is 0.639. The summed E-state index contributed by atoms with van der Waals surface area (Å²) in [5.41, 5.74) is 2.07. The molecule has 26 heavy (non-hydrogen) atoms. The number of aliphatic imine (C=N–C) groups is 1. The maximum Gasteiger partial charge on any atom is 0.191 e. The molecule has 6 heteroatoms. The molecule has 1 aliphatic carbocycles. The van der Waals surface area contributed by atoms with Crippen LogP contribution in [-0.2, 0) is 6.54 Å². The minimum Gasteiger partial charge on any atom is -0.352 e. The van der Waals surface area contributed by atoms with Gasteiger partial charge in [0.25, 0.3) is 0 Å². The lowest BCUT2D eigenvalue weighted by Crippen LogP contribution is -2.46. The standard InChI is InChI=1S/C20H28N6/c1-15-13-25(17-8-9-17)14-19(15)23-20(21-2)22-12-16-10-11-26(24-16)18-6-4-3-5-7-18/h3-7,10-11,15,17,19H,8-9,12-14H2,1-2H3,(H2,21,22,23). The molecule has 0 bridgehead atoms. The molecule has 2 N–H and O–H groups in total. The summed E-state index contributed by atoms with van der Waals surface area (Å²) in [6, 6.07) is 13.5. The number of likely N-dealkylation sites (tertiary alicyclic amines) is 1. The van der Waals surface area contributed by atoms with Crippen molar-refractivity contribution in [1.29, 1.82) is 0 Å². The van der Waals surface area contributed by atoms with Gasteiger partial charge < -0.3 is 10.6 Å². The third kappa shape index (κ3) is 3.90. The van der Waals surface area contributed by atoms with Crippen LogP contribution >= 0.6 is 0 Å². The molecule has 0 spiro atoms. The van der Waals surface area contributed by atoms with Crippen LogP contribution in [0.25, 0.3) is 5.69 Å². The smallest absolute Gasteiger partial charge is 0.191 e. The molecule has 4 rings (SSSR count). The highest BCUT2D eigenvalue weighted by atomic mass is 15.3. The van der Waals surface area contributed by atoms with Gasteiger partial charge in [-0.05, 0) is 37.0 Å². The van der Waals surface area contributed by atoms with Gasteiger partial charge in [0, 0.05) is 38.4 Å². The molecule has 1 saturated heterocycles. The van der Waals surface area contributed by atoms with Crippen LogP contribution in [0.1, 0.15) is 25.5 Å². The first-order valence-electron chi connectivity index (χ1n) is 9.54. The zero-order valence-corrected chi connectivity index (χ0v) is 15.6. The first-order chi connectivity index (χ1) is 12.7. The van der Waals surface area contributed by atoms with Crippen LogP contribution < -0.4 is 10.6 Å². The number of nitrogens with zero attached hydrogens (tertiary/aromatic N) is 4. The molecule has 1 aromatic heterocycles. The van der Waals surface area contributed by atoms with Gasteiger partial charge in [-0.2, -0.15) is 5.10 Å².